The highest BCUT2D eigenvalue weighted by atomic mass is 16.1. The van der Waals surface area contributed by atoms with Gasteiger partial charge in [-0.3, -0.25) is 4.79 Å². The number of ketones is 1. The summed E-state index contributed by atoms with van der Waals surface area (Å²) in [6, 6.07) is 23.7. The Morgan fingerprint density at radius 3 is 2.50 bits per heavy atom. The number of allylic oxidation sites excluding steroid dienone is 1. The molecule has 1 aliphatic carbocycles. The van der Waals surface area contributed by atoms with Crippen LogP contribution in [0.1, 0.15) is 30.0 Å². The first kappa shape index (κ1) is 15.4. The van der Waals surface area contributed by atoms with Crippen molar-refractivity contribution < 1.29 is 4.79 Å². The fourth-order valence-corrected chi connectivity index (χ4v) is 4.42. The normalized spacial score (nSPS) is 19.5. The lowest BCUT2D eigenvalue weighted by molar-refractivity contribution is -0.115. The molecule has 0 fully saturated rings. The first-order valence-electron chi connectivity index (χ1n) is 9.38. The van der Waals surface area contributed by atoms with Crippen LogP contribution in [-0.2, 0) is 11.2 Å². The minimum atomic E-state index is 0.0381. The number of benzene rings is 3. The summed E-state index contributed by atoms with van der Waals surface area (Å²) < 4.78 is 0. The van der Waals surface area contributed by atoms with Gasteiger partial charge >= 0.3 is 0 Å². The molecule has 5 rings (SSSR count). The Hall–Kier alpha value is -2.87. The van der Waals surface area contributed by atoms with E-state index in [1.165, 1.54) is 27.6 Å². The van der Waals surface area contributed by atoms with Crippen LogP contribution in [0.2, 0.25) is 0 Å². The van der Waals surface area contributed by atoms with Crippen molar-refractivity contribution in [2.24, 2.45) is 0 Å². The topological polar surface area (TPSA) is 20.3 Å². The fourth-order valence-electron chi connectivity index (χ4n) is 4.42. The largest absolute Gasteiger partial charge is 0.360 e. The molecule has 0 aromatic heterocycles. The predicted octanol–water partition coefficient (Wildman–Crippen LogP) is 5.23. The van der Waals surface area contributed by atoms with Gasteiger partial charge in [0.1, 0.15) is 0 Å². The molecular formula is C24H21NO. The summed E-state index contributed by atoms with van der Waals surface area (Å²) in [5, 5.41) is 2.50. The fraction of sp³-hybridized carbons (Fsp3) is 0.208. The molecule has 2 nitrogen and oxygen atoms in total. The van der Waals surface area contributed by atoms with Crippen LogP contribution in [0.3, 0.4) is 0 Å². The molecule has 0 saturated carbocycles. The van der Waals surface area contributed by atoms with Gasteiger partial charge in [0.2, 0.25) is 0 Å². The van der Waals surface area contributed by atoms with Crippen molar-refractivity contribution in [2.75, 3.05) is 11.4 Å². The molecule has 0 saturated heterocycles. The maximum absolute atomic E-state index is 12.6. The van der Waals surface area contributed by atoms with Gasteiger partial charge in [0, 0.05) is 24.2 Å². The molecule has 2 aliphatic rings. The summed E-state index contributed by atoms with van der Waals surface area (Å²) >= 11 is 0. The van der Waals surface area contributed by atoms with E-state index in [4.69, 9.17) is 0 Å². The average molecular weight is 339 g/mol. The van der Waals surface area contributed by atoms with Crippen molar-refractivity contribution in [2.45, 2.75) is 25.3 Å². The summed E-state index contributed by atoms with van der Waals surface area (Å²) in [6.07, 6.45) is 4.70. The van der Waals surface area contributed by atoms with Gasteiger partial charge in [-0.15, -0.1) is 0 Å². The summed E-state index contributed by atoms with van der Waals surface area (Å²) in [6.45, 7) is 0.935. The van der Waals surface area contributed by atoms with E-state index in [1.54, 1.807) is 0 Å². The summed E-state index contributed by atoms with van der Waals surface area (Å²) in [5.74, 6) is 0.303. The Labute approximate surface area is 153 Å². The first-order valence-corrected chi connectivity index (χ1v) is 9.38. The lowest BCUT2D eigenvalue weighted by Crippen LogP contribution is -2.37. The molecule has 0 radical (unpaired) electrons. The first-order chi connectivity index (χ1) is 12.8. The van der Waals surface area contributed by atoms with Crippen LogP contribution in [0, 0.1) is 0 Å². The number of carbonyl (C=O) groups excluding carboxylic acids is 1. The molecule has 0 unspecified atom stereocenters. The lowest BCUT2D eigenvalue weighted by Gasteiger charge is -2.39. The van der Waals surface area contributed by atoms with Crippen LogP contribution >= 0.6 is 0 Å². The highest BCUT2D eigenvalue weighted by Gasteiger charge is 2.34. The van der Waals surface area contributed by atoms with Crippen molar-refractivity contribution >= 4 is 22.2 Å². The van der Waals surface area contributed by atoms with Crippen molar-refractivity contribution in [3.05, 3.63) is 89.5 Å². The monoisotopic (exact) mass is 339 g/mol. The standard InChI is InChI=1S/C24H21NO/c26-23-11-5-10-22(23)24-21-9-4-3-7-18(21)14-15-25(24)20-13-12-17-6-1-2-8-19(17)16-20/h1-4,6-10,12-13,16,24H,5,11,14-15H2/t24-/m0/s1. The number of hydrogen-bond acceptors (Lipinski definition) is 2. The van der Waals surface area contributed by atoms with Gasteiger partial charge in [0.05, 0.1) is 6.04 Å². The Morgan fingerprint density at radius 2 is 1.65 bits per heavy atom. The zero-order valence-corrected chi connectivity index (χ0v) is 14.7. The van der Waals surface area contributed by atoms with Gasteiger partial charge in [-0.2, -0.15) is 0 Å². The maximum atomic E-state index is 12.6. The third-order valence-corrected chi connectivity index (χ3v) is 5.70. The molecule has 3 aromatic rings. The quantitative estimate of drug-likeness (QED) is 0.637. The number of rotatable bonds is 2. The third kappa shape index (κ3) is 2.45. The van der Waals surface area contributed by atoms with E-state index >= 15 is 0 Å². The van der Waals surface area contributed by atoms with Gasteiger partial charge in [-0.25, -0.2) is 0 Å². The second-order valence-electron chi connectivity index (χ2n) is 7.20. The molecule has 26 heavy (non-hydrogen) atoms. The smallest absolute Gasteiger partial charge is 0.161 e. The molecule has 0 N–H and O–H groups in total. The van der Waals surface area contributed by atoms with Crippen LogP contribution in [0.4, 0.5) is 5.69 Å². The molecule has 2 heteroatoms. The van der Waals surface area contributed by atoms with E-state index in [2.05, 4.69) is 77.7 Å². The van der Waals surface area contributed by atoms with Crippen LogP contribution in [-0.4, -0.2) is 12.3 Å². The van der Waals surface area contributed by atoms with E-state index in [-0.39, 0.29) is 6.04 Å². The number of Topliss-reactive ketones (excluding diaryl/α,β-unsaturated/α-hetero) is 1. The van der Waals surface area contributed by atoms with Crippen LogP contribution < -0.4 is 4.90 Å². The number of fused-ring (bicyclic) bond motifs is 2. The molecular weight excluding hydrogens is 318 g/mol. The van der Waals surface area contributed by atoms with Crippen molar-refractivity contribution in [3.8, 4) is 0 Å². The zero-order chi connectivity index (χ0) is 17.5. The van der Waals surface area contributed by atoms with Crippen molar-refractivity contribution in [1.82, 2.24) is 0 Å². The molecule has 0 amide bonds. The third-order valence-electron chi connectivity index (χ3n) is 5.70. The number of carbonyl (C=O) groups is 1. The van der Waals surface area contributed by atoms with E-state index < -0.39 is 0 Å². The molecule has 1 heterocycles. The molecule has 0 spiro atoms. The second-order valence-corrected chi connectivity index (χ2v) is 7.20. The minimum Gasteiger partial charge on any atom is -0.360 e. The molecule has 0 bridgehead atoms. The van der Waals surface area contributed by atoms with Crippen molar-refractivity contribution in [1.29, 1.82) is 0 Å². The molecule has 1 atom stereocenters. The Kier molecular flexibility index (Phi) is 3.63. The maximum Gasteiger partial charge on any atom is 0.161 e. The Balaban J connectivity index is 1.65. The Bertz CT molecular complexity index is 1030. The van der Waals surface area contributed by atoms with E-state index in [1.807, 2.05) is 0 Å². The summed E-state index contributed by atoms with van der Waals surface area (Å²) in [5.41, 5.74) is 4.83. The van der Waals surface area contributed by atoms with E-state index in [0.29, 0.717) is 12.2 Å². The van der Waals surface area contributed by atoms with Crippen LogP contribution in [0.5, 0.6) is 0 Å². The number of hydrogen-bond donors (Lipinski definition) is 0. The lowest BCUT2D eigenvalue weighted by atomic mass is 9.87. The van der Waals surface area contributed by atoms with Gasteiger partial charge in [0.15, 0.2) is 5.78 Å². The van der Waals surface area contributed by atoms with Gasteiger partial charge in [-0.1, -0.05) is 60.7 Å². The number of anilines is 1. The summed E-state index contributed by atoms with van der Waals surface area (Å²) in [4.78, 5) is 15.0. The predicted molar refractivity (Wildman–Crippen MR) is 107 cm³/mol. The Morgan fingerprint density at radius 1 is 0.846 bits per heavy atom. The van der Waals surface area contributed by atoms with Gasteiger partial charge < -0.3 is 4.90 Å². The zero-order valence-electron chi connectivity index (χ0n) is 14.7. The highest BCUT2D eigenvalue weighted by Crippen LogP contribution is 2.41. The van der Waals surface area contributed by atoms with E-state index in [9.17, 15) is 4.79 Å². The van der Waals surface area contributed by atoms with E-state index in [0.717, 1.165) is 25.0 Å². The van der Waals surface area contributed by atoms with Gasteiger partial charge in [-0.05, 0) is 46.9 Å². The molecule has 128 valence electrons. The summed E-state index contributed by atoms with van der Waals surface area (Å²) in [7, 11) is 0. The van der Waals surface area contributed by atoms with Gasteiger partial charge in [0.25, 0.3) is 0 Å². The molecule has 3 aromatic carbocycles. The van der Waals surface area contributed by atoms with Crippen LogP contribution in [0.25, 0.3) is 10.8 Å². The molecule has 1 aliphatic heterocycles. The number of nitrogens with zero attached hydrogens (tertiary/aromatic N) is 1. The highest BCUT2D eigenvalue weighted by molar-refractivity contribution is 6.00. The minimum absolute atomic E-state index is 0.0381. The van der Waals surface area contributed by atoms with Crippen molar-refractivity contribution in [3.63, 3.8) is 0 Å². The second kappa shape index (κ2) is 6.14. The SMILES string of the molecule is O=C1CCC=C1[C@@H]1c2ccccc2CCN1c1ccc2ccccc2c1. The van der Waals surface area contributed by atoms with Crippen LogP contribution in [0.15, 0.2) is 78.4 Å². The average Bonchev–Trinajstić information content (AvgIpc) is 3.12.